The third kappa shape index (κ3) is 2.73. The molecule has 104 valence electrons. The van der Waals surface area contributed by atoms with Gasteiger partial charge < -0.3 is 10.6 Å². The molecule has 2 heterocycles. The number of nitrogen functional groups attached to an aromatic ring is 1. The monoisotopic (exact) mass is 266 g/mol. The fourth-order valence-electron chi connectivity index (χ4n) is 2.24. The van der Waals surface area contributed by atoms with Crippen molar-refractivity contribution in [3.63, 3.8) is 0 Å². The second-order valence-electron chi connectivity index (χ2n) is 4.80. The maximum atomic E-state index is 11.1. The summed E-state index contributed by atoms with van der Waals surface area (Å²) in [5.41, 5.74) is 5.38. The van der Waals surface area contributed by atoms with Crippen LogP contribution in [0.5, 0.6) is 0 Å². The van der Waals surface area contributed by atoms with E-state index in [1.807, 2.05) is 4.90 Å². The highest BCUT2D eigenvalue weighted by atomic mass is 16.6. The van der Waals surface area contributed by atoms with Crippen LogP contribution in [-0.4, -0.2) is 52.0 Å². The van der Waals surface area contributed by atoms with Crippen molar-refractivity contribution in [2.45, 2.75) is 19.9 Å². The SMILES string of the molecule is CC(C)N1CCN(c2ncnc(N)c2[N+](=O)[O-])CC1. The van der Waals surface area contributed by atoms with Crippen LogP contribution in [0.3, 0.4) is 0 Å². The van der Waals surface area contributed by atoms with E-state index >= 15 is 0 Å². The van der Waals surface area contributed by atoms with Crippen molar-refractivity contribution in [1.29, 1.82) is 0 Å². The van der Waals surface area contributed by atoms with Gasteiger partial charge in [-0.25, -0.2) is 9.97 Å². The smallest absolute Gasteiger partial charge is 0.353 e. The number of nitro groups is 1. The van der Waals surface area contributed by atoms with E-state index in [-0.39, 0.29) is 11.5 Å². The molecular formula is C11H18N6O2. The Bertz CT molecular complexity index is 470. The Morgan fingerprint density at radius 2 is 1.95 bits per heavy atom. The third-order valence-corrected chi connectivity index (χ3v) is 3.36. The first-order chi connectivity index (χ1) is 9.00. The van der Waals surface area contributed by atoms with E-state index in [4.69, 9.17) is 5.73 Å². The number of nitrogens with zero attached hydrogens (tertiary/aromatic N) is 5. The number of hydrogen-bond acceptors (Lipinski definition) is 7. The number of nitrogens with two attached hydrogens (primary N) is 1. The maximum absolute atomic E-state index is 11.1. The molecule has 1 aromatic heterocycles. The van der Waals surface area contributed by atoms with Crippen LogP contribution in [-0.2, 0) is 0 Å². The minimum Gasteiger partial charge on any atom is -0.378 e. The molecule has 2 N–H and O–H groups in total. The van der Waals surface area contributed by atoms with Crippen LogP contribution >= 0.6 is 0 Å². The first-order valence-corrected chi connectivity index (χ1v) is 6.24. The minimum atomic E-state index is -0.514. The van der Waals surface area contributed by atoms with Gasteiger partial charge in [0.2, 0.25) is 11.6 Å². The molecule has 8 heteroatoms. The largest absolute Gasteiger partial charge is 0.378 e. The Balaban J connectivity index is 2.20. The minimum absolute atomic E-state index is 0.0821. The molecule has 8 nitrogen and oxygen atoms in total. The molecule has 0 radical (unpaired) electrons. The van der Waals surface area contributed by atoms with E-state index in [2.05, 4.69) is 28.7 Å². The van der Waals surface area contributed by atoms with E-state index in [0.29, 0.717) is 24.9 Å². The molecule has 1 saturated heterocycles. The number of aromatic nitrogens is 2. The summed E-state index contributed by atoms with van der Waals surface area (Å²) in [4.78, 5) is 22.5. The standard InChI is InChI=1S/C11H18N6O2/c1-8(2)15-3-5-16(6-4-15)11-9(17(18)19)10(12)13-7-14-11/h7-8H,3-6H2,1-2H3,(H2,12,13,14). The molecule has 0 aromatic carbocycles. The predicted octanol–water partition coefficient (Wildman–Crippen LogP) is 0.497. The summed E-state index contributed by atoms with van der Waals surface area (Å²) in [6, 6.07) is 0.479. The predicted molar refractivity (Wildman–Crippen MR) is 72.0 cm³/mol. The first kappa shape index (κ1) is 13.5. The summed E-state index contributed by atoms with van der Waals surface area (Å²) in [6.45, 7) is 7.41. The quantitative estimate of drug-likeness (QED) is 0.627. The van der Waals surface area contributed by atoms with Gasteiger partial charge >= 0.3 is 5.69 Å². The molecule has 0 amide bonds. The van der Waals surface area contributed by atoms with Crippen LogP contribution < -0.4 is 10.6 Å². The average molecular weight is 266 g/mol. The zero-order valence-corrected chi connectivity index (χ0v) is 11.1. The Labute approximate surface area is 111 Å². The lowest BCUT2D eigenvalue weighted by Crippen LogP contribution is -2.49. The van der Waals surface area contributed by atoms with Gasteiger partial charge in [-0.2, -0.15) is 0 Å². The van der Waals surface area contributed by atoms with Crippen LogP contribution in [0.2, 0.25) is 0 Å². The van der Waals surface area contributed by atoms with Gasteiger partial charge in [-0.3, -0.25) is 15.0 Å². The second-order valence-corrected chi connectivity index (χ2v) is 4.80. The summed E-state index contributed by atoms with van der Waals surface area (Å²) in [5, 5.41) is 11.1. The van der Waals surface area contributed by atoms with Gasteiger partial charge in [0, 0.05) is 32.2 Å². The van der Waals surface area contributed by atoms with Crippen LogP contribution in [0.15, 0.2) is 6.33 Å². The molecule has 0 aliphatic carbocycles. The lowest BCUT2D eigenvalue weighted by Gasteiger charge is -2.37. The van der Waals surface area contributed by atoms with Crippen LogP contribution in [0.4, 0.5) is 17.3 Å². The van der Waals surface area contributed by atoms with E-state index in [0.717, 1.165) is 13.1 Å². The Kier molecular flexibility index (Phi) is 3.79. The maximum Gasteiger partial charge on any atom is 0.353 e. The normalized spacial score (nSPS) is 16.9. The molecule has 1 aliphatic rings. The third-order valence-electron chi connectivity index (χ3n) is 3.36. The molecular weight excluding hydrogens is 248 g/mol. The summed E-state index contributed by atoms with van der Waals surface area (Å²) >= 11 is 0. The van der Waals surface area contributed by atoms with Crippen molar-refractivity contribution < 1.29 is 4.92 Å². The van der Waals surface area contributed by atoms with Crippen LogP contribution in [0, 0.1) is 10.1 Å². The molecule has 0 bridgehead atoms. The van der Waals surface area contributed by atoms with E-state index in [1.165, 1.54) is 6.33 Å². The molecule has 1 aliphatic heterocycles. The van der Waals surface area contributed by atoms with Gasteiger partial charge in [0.25, 0.3) is 0 Å². The number of hydrogen-bond donors (Lipinski definition) is 1. The van der Waals surface area contributed by atoms with E-state index in [1.54, 1.807) is 0 Å². The van der Waals surface area contributed by atoms with Gasteiger partial charge in [-0.05, 0) is 13.8 Å². The first-order valence-electron chi connectivity index (χ1n) is 6.24. The van der Waals surface area contributed by atoms with Crippen molar-refractivity contribution in [3.05, 3.63) is 16.4 Å². The second kappa shape index (κ2) is 5.35. The van der Waals surface area contributed by atoms with Gasteiger partial charge in [-0.1, -0.05) is 0 Å². The van der Waals surface area contributed by atoms with Crippen LogP contribution in [0.1, 0.15) is 13.8 Å². The summed E-state index contributed by atoms with van der Waals surface area (Å²) in [6.07, 6.45) is 1.27. The lowest BCUT2D eigenvalue weighted by molar-refractivity contribution is -0.383. The summed E-state index contributed by atoms with van der Waals surface area (Å²) in [7, 11) is 0. The lowest BCUT2D eigenvalue weighted by atomic mass is 10.2. The highest BCUT2D eigenvalue weighted by molar-refractivity contribution is 5.68. The number of piperazine rings is 1. The molecule has 0 unspecified atom stereocenters. The molecule has 0 saturated carbocycles. The summed E-state index contributed by atoms with van der Waals surface area (Å²) < 4.78 is 0. The fourth-order valence-corrected chi connectivity index (χ4v) is 2.24. The van der Waals surface area contributed by atoms with Gasteiger partial charge in [0.05, 0.1) is 4.92 Å². The Morgan fingerprint density at radius 1 is 1.32 bits per heavy atom. The Morgan fingerprint density at radius 3 is 2.47 bits per heavy atom. The van der Waals surface area contributed by atoms with Crippen LogP contribution in [0.25, 0.3) is 0 Å². The van der Waals surface area contributed by atoms with Crippen molar-refractivity contribution in [3.8, 4) is 0 Å². The summed E-state index contributed by atoms with van der Waals surface area (Å²) in [5.74, 6) is 0.238. The highest BCUT2D eigenvalue weighted by Crippen LogP contribution is 2.30. The van der Waals surface area contributed by atoms with E-state index in [9.17, 15) is 10.1 Å². The highest BCUT2D eigenvalue weighted by Gasteiger charge is 2.28. The zero-order chi connectivity index (χ0) is 14.0. The number of rotatable bonds is 3. The van der Waals surface area contributed by atoms with E-state index < -0.39 is 4.92 Å². The Hall–Kier alpha value is -1.96. The molecule has 1 fully saturated rings. The molecule has 0 spiro atoms. The van der Waals surface area contributed by atoms with Gasteiger partial charge in [0.15, 0.2) is 0 Å². The van der Waals surface area contributed by atoms with Crippen molar-refractivity contribution in [2.24, 2.45) is 0 Å². The molecule has 1 aromatic rings. The number of anilines is 2. The molecule has 2 rings (SSSR count). The zero-order valence-electron chi connectivity index (χ0n) is 11.1. The molecule has 0 atom stereocenters. The fraction of sp³-hybridized carbons (Fsp3) is 0.636. The van der Waals surface area contributed by atoms with Gasteiger partial charge in [0.1, 0.15) is 6.33 Å². The topological polar surface area (TPSA) is 101 Å². The van der Waals surface area contributed by atoms with Gasteiger partial charge in [-0.15, -0.1) is 0 Å². The average Bonchev–Trinajstić information content (AvgIpc) is 2.38. The van der Waals surface area contributed by atoms with Crippen molar-refractivity contribution >= 4 is 17.3 Å². The van der Waals surface area contributed by atoms with Crippen molar-refractivity contribution in [2.75, 3.05) is 36.8 Å². The van der Waals surface area contributed by atoms with Crippen molar-refractivity contribution in [1.82, 2.24) is 14.9 Å². The molecule has 19 heavy (non-hydrogen) atoms.